The molecule has 6 heteroatoms. The summed E-state index contributed by atoms with van der Waals surface area (Å²) in [6, 6.07) is 14.4. The Kier molecular flexibility index (Phi) is 4.86. The second-order valence-electron chi connectivity index (χ2n) is 5.48. The second kappa shape index (κ2) is 7.23. The fraction of sp³-hybridized carbons (Fsp3) is 0.167. The molecule has 0 spiro atoms. The Bertz CT molecular complexity index is 818. The molecule has 0 amide bonds. The fourth-order valence-corrected chi connectivity index (χ4v) is 3.06. The summed E-state index contributed by atoms with van der Waals surface area (Å²) in [5.74, 6) is 0.782. The first-order valence-corrected chi connectivity index (χ1v) is 8.50. The van der Waals surface area contributed by atoms with Crippen molar-refractivity contribution in [3.63, 3.8) is 0 Å². The maximum Gasteiger partial charge on any atom is 0.229 e. The summed E-state index contributed by atoms with van der Waals surface area (Å²) >= 11 is 1.73. The molecule has 2 aromatic heterocycles. The Morgan fingerprint density at radius 3 is 2.46 bits per heavy atom. The second-order valence-corrected chi connectivity index (χ2v) is 6.42. The maximum atomic E-state index is 5.92. The molecule has 1 aromatic carbocycles. The molecule has 0 aliphatic heterocycles. The number of guanidine groups is 1. The lowest BCUT2D eigenvalue weighted by molar-refractivity contribution is 1.04. The summed E-state index contributed by atoms with van der Waals surface area (Å²) in [6.45, 7) is 4.35. The van der Waals surface area contributed by atoms with Crippen LogP contribution in [-0.4, -0.2) is 15.9 Å². The lowest BCUT2D eigenvalue weighted by atomic mass is 10.1. The maximum absolute atomic E-state index is 5.92. The van der Waals surface area contributed by atoms with E-state index in [-0.39, 0.29) is 0 Å². The first-order chi connectivity index (χ1) is 11.6. The van der Waals surface area contributed by atoms with Gasteiger partial charge < -0.3 is 5.73 Å². The summed E-state index contributed by atoms with van der Waals surface area (Å²) < 4.78 is 0. The summed E-state index contributed by atoms with van der Waals surface area (Å²) in [7, 11) is 0. The molecule has 3 rings (SSSR count). The Hall–Kier alpha value is -2.73. The number of aryl methyl sites for hydroxylation is 2. The predicted octanol–water partition coefficient (Wildman–Crippen LogP) is 3.75. The van der Waals surface area contributed by atoms with Crippen LogP contribution in [0, 0.1) is 13.8 Å². The van der Waals surface area contributed by atoms with Gasteiger partial charge in [0, 0.05) is 16.3 Å². The van der Waals surface area contributed by atoms with E-state index < -0.39 is 0 Å². The van der Waals surface area contributed by atoms with Crippen LogP contribution in [0.25, 0.3) is 10.4 Å². The van der Waals surface area contributed by atoms with Gasteiger partial charge in [0.05, 0.1) is 6.54 Å². The highest BCUT2D eigenvalue weighted by atomic mass is 32.1. The molecule has 0 atom stereocenters. The van der Waals surface area contributed by atoms with E-state index in [0.29, 0.717) is 18.5 Å². The van der Waals surface area contributed by atoms with Crippen LogP contribution in [0.1, 0.15) is 17.0 Å². The SMILES string of the molecule is Cc1cc(C)nc(NC(N)=NCc2ccc(-c3cccs3)cc2)n1. The van der Waals surface area contributed by atoms with Gasteiger partial charge in [-0.3, -0.25) is 5.32 Å². The highest BCUT2D eigenvalue weighted by Gasteiger charge is 2.02. The van der Waals surface area contributed by atoms with E-state index >= 15 is 0 Å². The molecular formula is C18H19N5S. The number of aromatic nitrogens is 2. The summed E-state index contributed by atoms with van der Waals surface area (Å²) in [5.41, 5.74) is 10.0. The standard InChI is InChI=1S/C18H19N5S/c1-12-10-13(2)22-18(21-12)23-17(19)20-11-14-5-7-15(8-6-14)16-4-3-9-24-16/h3-10H,11H2,1-2H3,(H3,19,20,21,22,23). The van der Waals surface area contributed by atoms with Crippen LogP contribution in [0.4, 0.5) is 5.95 Å². The zero-order valence-electron chi connectivity index (χ0n) is 13.7. The van der Waals surface area contributed by atoms with Crippen molar-refractivity contribution in [1.82, 2.24) is 9.97 Å². The number of nitrogens with two attached hydrogens (primary N) is 1. The van der Waals surface area contributed by atoms with Crippen molar-refractivity contribution in [1.29, 1.82) is 0 Å². The minimum Gasteiger partial charge on any atom is -0.370 e. The Labute approximate surface area is 145 Å². The van der Waals surface area contributed by atoms with Gasteiger partial charge >= 0.3 is 0 Å². The third kappa shape index (κ3) is 4.17. The molecule has 0 aliphatic carbocycles. The van der Waals surface area contributed by atoms with Crippen molar-refractivity contribution in [2.75, 3.05) is 5.32 Å². The minimum absolute atomic E-state index is 0.308. The number of nitrogens with one attached hydrogen (secondary N) is 1. The molecule has 122 valence electrons. The number of hydrogen-bond donors (Lipinski definition) is 2. The summed E-state index contributed by atoms with van der Waals surface area (Å²) in [4.78, 5) is 14.2. The number of rotatable bonds is 4. The van der Waals surface area contributed by atoms with Crippen LogP contribution in [0.3, 0.4) is 0 Å². The molecule has 0 aliphatic rings. The smallest absolute Gasteiger partial charge is 0.229 e. The molecule has 5 nitrogen and oxygen atoms in total. The van der Waals surface area contributed by atoms with E-state index in [2.05, 4.69) is 62.1 Å². The Morgan fingerprint density at radius 2 is 1.83 bits per heavy atom. The zero-order chi connectivity index (χ0) is 16.9. The molecule has 0 fully saturated rings. The van der Waals surface area contributed by atoms with Gasteiger partial charge in [-0.15, -0.1) is 11.3 Å². The van der Waals surface area contributed by atoms with Crippen molar-refractivity contribution in [2.24, 2.45) is 10.7 Å². The Balaban J connectivity index is 1.64. The van der Waals surface area contributed by atoms with Crippen LogP contribution in [0.5, 0.6) is 0 Å². The van der Waals surface area contributed by atoms with E-state index in [1.807, 2.05) is 19.9 Å². The molecule has 0 bridgehead atoms. The molecule has 0 radical (unpaired) electrons. The van der Waals surface area contributed by atoms with Crippen LogP contribution in [0.2, 0.25) is 0 Å². The normalized spacial score (nSPS) is 11.5. The van der Waals surface area contributed by atoms with E-state index in [1.54, 1.807) is 11.3 Å². The van der Waals surface area contributed by atoms with Gasteiger partial charge in [0.25, 0.3) is 0 Å². The minimum atomic E-state index is 0.308. The van der Waals surface area contributed by atoms with E-state index in [0.717, 1.165) is 17.0 Å². The van der Waals surface area contributed by atoms with Gasteiger partial charge in [0.2, 0.25) is 5.95 Å². The van der Waals surface area contributed by atoms with Crippen LogP contribution < -0.4 is 11.1 Å². The van der Waals surface area contributed by atoms with Crippen molar-refractivity contribution >= 4 is 23.2 Å². The Morgan fingerprint density at radius 1 is 1.12 bits per heavy atom. The van der Waals surface area contributed by atoms with Gasteiger partial charge in [-0.2, -0.15) is 0 Å². The van der Waals surface area contributed by atoms with Gasteiger partial charge in [-0.25, -0.2) is 15.0 Å². The van der Waals surface area contributed by atoms with Crippen LogP contribution in [0.15, 0.2) is 52.8 Å². The zero-order valence-corrected chi connectivity index (χ0v) is 14.5. The number of benzene rings is 1. The van der Waals surface area contributed by atoms with E-state index in [1.165, 1.54) is 10.4 Å². The van der Waals surface area contributed by atoms with Gasteiger partial charge in [0.1, 0.15) is 0 Å². The predicted molar refractivity (Wildman–Crippen MR) is 100 cm³/mol. The van der Waals surface area contributed by atoms with Crippen molar-refractivity contribution < 1.29 is 0 Å². The monoisotopic (exact) mass is 337 g/mol. The number of nitrogens with zero attached hydrogens (tertiary/aromatic N) is 3. The van der Waals surface area contributed by atoms with Crippen LogP contribution in [-0.2, 0) is 6.54 Å². The third-order valence-corrected chi connectivity index (χ3v) is 4.33. The molecule has 24 heavy (non-hydrogen) atoms. The molecule has 3 aromatic rings. The fourth-order valence-electron chi connectivity index (χ4n) is 2.33. The number of anilines is 1. The third-order valence-electron chi connectivity index (χ3n) is 3.41. The number of thiophene rings is 1. The number of hydrogen-bond acceptors (Lipinski definition) is 4. The van der Waals surface area contributed by atoms with Crippen molar-refractivity contribution in [2.45, 2.75) is 20.4 Å². The van der Waals surface area contributed by atoms with Crippen molar-refractivity contribution in [3.05, 3.63) is 64.8 Å². The molecule has 0 saturated heterocycles. The average Bonchev–Trinajstić information content (AvgIpc) is 3.07. The lowest BCUT2D eigenvalue weighted by Gasteiger charge is -2.06. The largest absolute Gasteiger partial charge is 0.370 e. The number of aliphatic imine (C=N–C) groups is 1. The highest BCUT2D eigenvalue weighted by molar-refractivity contribution is 7.13. The summed E-state index contributed by atoms with van der Waals surface area (Å²) in [5, 5.41) is 5.01. The molecule has 2 heterocycles. The van der Waals surface area contributed by atoms with Gasteiger partial charge in [-0.05, 0) is 42.5 Å². The molecular weight excluding hydrogens is 318 g/mol. The van der Waals surface area contributed by atoms with Crippen molar-refractivity contribution in [3.8, 4) is 10.4 Å². The molecule has 0 unspecified atom stereocenters. The molecule has 0 saturated carbocycles. The van der Waals surface area contributed by atoms with Crippen LogP contribution >= 0.6 is 11.3 Å². The highest BCUT2D eigenvalue weighted by Crippen LogP contribution is 2.24. The first kappa shape index (κ1) is 16.1. The summed E-state index contributed by atoms with van der Waals surface area (Å²) in [6.07, 6.45) is 0. The first-order valence-electron chi connectivity index (χ1n) is 7.62. The van der Waals surface area contributed by atoms with E-state index in [4.69, 9.17) is 5.73 Å². The topological polar surface area (TPSA) is 76.2 Å². The lowest BCUT2D eigenvalue weighted by Crippen LogP contribution is -2.24. The van der Waals surface area contributed by atoms with E-state index in [9.17, 15) is 0 Å². The molecule has 3 N–H and O–H groups in total. The van der Waals surface area contributed by atoms with Gasteiger partial charge in [0.15, 0.2) is 5.96 Å². The van der Waals surface area contributed by atoms with Gasteiger partial charge in [-0.1, -0.05) is 30.3 Å². The quantitative estimate of drug-likeness (QED) is 0.561. The average molecular weight is 337 g/mol.